The molecule has 0 heterocycles. The maximum Gasteiger partial charge on any atom is 0.0266 e. The lowest BCUT2D eigenvalue weighted by Gasteiger charge is -2.11. The van der Waals surface area contributed by atoms with E-state index >= 15 is 0 Å². The molecule has 0 aliphatic heterocycles. The van der Waals surface area contributed by atoms with E-state index in [1.54, 1.807) is 0 Å². The van der Waals surface area contributed by atoms with Gasteiger partial charge in [0.1, 0.15) is 0 Å². The molecule has 1 nitrogen and oxygen atoms in total. The van der Waals surface area contributed by atoms with Crippen LogP contribution in [0.1, 0.15) is 50.3 Å². The molecule has 0 spiro atoms. The van der Waals surface area contributed by atoms with Crippen LogP contribution in [-0.4, -0.2) is 0 Å². The van der Waals surface area contributed by atoms with Crippen molar-refractivity contribution in [2.45, 2.75) is 39.2 Å². The van der Waals surface area contributed by atoms with Crippen molar-refractivity contribution in [3.05, 3.63) is 59.7 Å². The largest absolute Gasteiger partial charge is 0.324 e. The Morgan fingerprint density at radius 1 is 0.895 bits per heavy atom. The predicted octanol–water partition coefficient (Wildman–Crippen LogP) is 4.89. The van der Waals surface area contributed by atoms with Gasteiger partial charge in [0.25, 0.3) is 0 Å². The van der Waals surface area contributed by atoms with E-state index in [9.17, 15) is 0 Å². The quantitative estimate of drug-likeness (QED) is 0.825. The average Bonchev–Trinajstić information content (AvgIpc) is 2.46. The maximum absolute atomic E-state index is 5.94. The normalized spacial score (nSPS) is 14.1. The maximum atomic E-state index is 5.94. The molecular formula is C18H23N. The molecule has 2 aromatic carbocycles. The highest BCUT2D eigenvalue weighted by Crippen LogP contribution is 2.25. The summed E-state index contributed by atoms with van der Waals surface area (Å²) < 4.78 is 0. The molecule has 0 saturated heterocycles. The molecule has 2 unspecified atom stereocenters. The molecule has 0 aliphatic carbocycles. The Morgan fingerprint density at radius 3 is 2.16 bits per heavy atom. The number of rotatable bonds is 4. The molecule has 2 N–H and O–H groups in total. The van der Waals surface area contributed by atoms with Crippen LogP contribution in [0.4, 0.5) is 0 Å². The summed E-state index contributed by atoms with van der Waals surface area (Å²) in [4.78, 5) is 0. The van der Waals surface area contributed by atoms with Crippen molar-refractivity contribution in [1.82, 2.24) is 0 Å². The van der Waals surface area contributed by atoms with Gasteiger partial charge in [0.05, 0.1) is 0 Å². The molecule has 0 radical (unpaired) electrons. The Kier molecular flexibility index (Phi) is 4.39. The van der Waals surface area contributed by atoms with Crippen LogP contribution in [0, 0.1) is 0 Å². The minimum Gasteiger partial charge on any atom is -0.324 e. The van der Waals surface area contributed by atoms with Crippen molar-refractivity contribution in [2.75, 3.05) is 0 Å². The molecule has 2 aromatic rings. The van der Waals surface area contributed by atoms with Gasteiger partial charge in [0.15, 0.2) is 0 Å². The number of nitrogens with two attached hydrogens (primary N) is 1. The lowest BCUT2D eigenvalue weighted by molar-refractivity contribution is 0.734. The van der Waals surface area contributed by atoms with E-state index in [1.807, 2.05) is 6.92 Å². The van der Waals surface area contributed by atoms with Crippen LogP contribution in [-0.2, 0) is 0 Å². The van der Waals surface area contributed by atoms with E-state index in [0.29, 0.717) is 5.92 Å². The van der Waals surface area contributed by atoms with E-state index in [1.165, 1.54) is 28.7 Å². The first kappa shape index (κ1) is 13.8. The lowest BCUT2D eigenvalue weighted by atomic mass is 9.95. The van der Waals surface area contributed by atoms with Gasteiger partial charge in [0, 0.05) is 6.04 Å². The zero-order chi connectivity index (χ0) is 13.8. The predicted molar refractivity (Wildman–Crippen MR) is 83.2 cm³/mol. The fraction of sp³-hybridized carbons (Fsp3) is 0.333. The Hall–Kier alpha value is -1.60. The summed E-state index contributed by atoms with van der Waals surface area (Å²) in [5.41, 5.74) is 11.0. The smallest absolute Gasteiger partial charge is 0.0266 e. The summed E-state index contributed by atoms with van der Waals surface area (Å²) in [6.45, 7) is 6.52. The second kappa shape index (κ2) is 6.03. The second-order valence-electron chi connectivity index (χ2n) is 5.35. The van der Waals surface area contributed by atoms with Crippen LogP contribution < -0.4 is 5.73 Å². The minimum atomic E-state index is 0.0827. The van der Waals surface area contributed by atoms with Crippen LogP contribution in [0.15, 0.2) is 48.5 Å². The zero-order valence-corrected chi connectivity index (χ0v) is 12.1. The van der Waals surface area contributed by atoms with Crippen molar-refractivity contribution in [3.8, 4) is 11.1 Å². The van der Waals surface area contributed by atoms with Crippen molar-refractivity contribution in [3.63, 3.8) is 0 Å². The Labute approximate surface area is 116 Å². The number of hydrogen-bond donors (Lipinski definition) is 1. The molecular weight excluding hydrogens is 230 g/mol. The molecule has 2 atom stereocenters. The SMILES string of the molecule is CCC(C)c1ccc(-c2cccc(C(C)N)c2)cc1. The molecule has 0 aromatic heterocycles. The third-order valence-electron chi connectivity index (χ3n) is 3.84. The Bertz CT molecular complexity index is 526. The van der Waals surface area contributed by atoms with Gasteiger partial charge in [-0.1, -0.05) is 56.3 Å². The summed E-state index contributed by atoms with van der Waals surface area (Å²) in [6.07, 6.45) is 1.18. The molecule has 0 aliphatic rings. The van der Waals surface area contributed by atoms with Gasteiger partial charge in [0.2, 0.25) is 0 Å². The van der Waals surface area contributed by atoms with Gasteiger partial charge in [-0.3, -0.25) is 0 Å². The highest BCUT2D eigenvalue weighted by molar-refractivity contribution is 5.64. The fourth-order valence-corrected chi connectivity index (χ4v) is 2.24. The van der Waals surface area contributed by atoms with E-state index in [-0.39, 0.29) is 6.04 Å². The molecule has 0 amide bonds. The second-order valence-corrected chi connectivity index (χ2v) is 5.35. The zero-order valence-electron chi connectivity index (χ0n) is 12.1. The van der Waals surface area contributed by atoms with Crippen LogP contribution in [0.25, 0.3) is 11.1 Å². The van der Waals surface area contributed by atoms with Gasteiger partial charge in [-0.15, -0.1) is 0 Å². The van der Waals surface area contributed by atoms with Gasteiger partial charge >= 0.3 is 0 Å². The number of benzene rings is 2. The van der Waals surface area contributed by atoms with E-state index in [4.69, 9.17) is 5.73 Å². The van der Waals surface area contributed by atoms with E-state index < -0.39 is 0 Å². The summed E-state index contributed by atoms with van der Waals surface area (Å²) in [5.74, 6) is 0.629. The molecule has 1 heteroatoms. The lowest BCUT2D eigenvalue weighted by Crippen LogP contribution is -2.04. The fourth-order valence-electron chi connectivity index (χ4n) is 2.24. The van der Waals surface area contributed by atoms with Crippen LogP contribution in [0.5, 0.6) is 0 Å². The molecule has 2 rings (SSSR count). The van der Waals surface area contributed by atoms with Crippen molar-refractivity contribution >= 4 is 0 Å². The van der Waals surface area contributed by atoms with Gasteiger partial charge in [-0.05, 0) is 47.6 Å². The van der Waals surface area contributed by atoms with Crippen molar-refractivity contribution < 1.29 is 0 Å². The summed E-state index contributed by atoms with van der Waals surface area (Å²) in [6, 6.07) is 17.5. The highest BCUT2D eigenvalue weighted by Gasteiger charge is 2.05. The number of hydrogen-bond acceptors (Lipinski definition) is 1. The van der Waals surface area contributed by atoms with Crippen LogP contribution in [0.2, 0.25) is 0 Å². The molecule has 0 saturated carbocycles. The molecule has 100 valence electrons. The topological polar surface area (TPSA) is 26.0 Å². The van der Waals surface area contributed by atoms with Crippen LogP contribution in [0.3, 0.4) is 0 Å². The summed E-state index contributed by atoms with van der Waals surface area (Å²) in [7, 11) is 0. The average molecular weight is 253 g/mol. The highest BCUT2D eigenvalue weighted by atomic mass is 14.6. The first-order chi connectivity index (χ1) is 9.11. The molecule has 0 bridgehead atoms. The first-order valence-electron chi connectivity index (χ1n) is 7.07. The van der Waals surface area contributed by atoms with E-state index in [2.05, 4.69) is 62.4 Å². The van der Waals surface area contributed by atoms with Crippen molar-refractivity contribution in [1.29, 1.82) is 0 Å². The van der Waals surface area contributed by atoms with Gasteiger partial charge in [-0.2, -0.15) is 0 Å². The van der Waals surface area contributed by atoms with E-state index in [0.717, 1.165) is 0 Å². The van der Waals surface area contributed by atoms with Gasteiger partial charge < -0.3 is 5.73 Å². The standard InChI is InChI=1S/C18H23N/c1-4-13(2)15-8-10-16(11-9-15)18-7-5-6-17(12-18)14(3)19/h5-14H,4,19H2,1-3H3. The van der Waals surface area contributed by atoms with Crippen LogP contribution >= 0.6 is 0 Å². The Morgan fingerprint density at radius 2 is 1.58 bits per heavy atom. The minimum absolute atomic E-state index is 0.0827. The monoisotopic (exact) mass is 253 g/mol. The first-order valence-corrected chi connectivity index (χ1v) is 7.07. The summed E-state index contributed by atoms with van der Waals surface area (Å²) in [5, 5.41) is 0. The third kappa shape index (κ3) is 3.24. The Balaban J connectivity index is 2.29. The van der Waals surface area contributed by atoms with Gasteiger partial charge in [-0.25, -0.2) is 0 Å². The molecule has 0 fully saturated rings. The molecule has 19 heavy (non-hydrogen) atoms. The third-order valence-corrected chi connectivity index (χ3v) is 3.84. The van der Waals surface area contributed by atoms with Crippen molar-refractivity contribution in [2.24, 2.45) is 5.73 Å². The summed E-state index contributed by atoms with van der Waals surface area (Å²) >= 11 is 0.